The molecule has 152 valence electrons. The zero-order valence-corrected chi connectivity index (χ0v) is 16.2. The highest BCUT2D eigenvalue weighted by Crippen LogP contribution is 2.43. The highest BCUT2D eigenvalue weighted by Gasteiger charge is 2.41. The zero-order chi connectivity index (χ0) is 20.1. The van der Waals surface area contributed by atoms with Crippen molar-refractivity contribution in [3.63, 3.8) is 0 Å². The molecule has 3 heterocycles. The summed E-state index contributed by atoms with van der Waals surface area (Å²) in [4.78, 5) is 10.8. The molecule has 2 fully saturated rings. The number of hydrazine groups is 1. The molecule has 0 radical (unpaired) electrons. The van der Waals surface area contributed by atoms with E-state index in [9.17, 15) is 8.78 Å². The molecule has 0 amide bonds. The van der Waals surface area contributed by atoms with Gasteiger partial charge in [-0.3, -0.25) is 5.01 Å². The molecule has 2 aliphatic rings. The molecule has 1 aliphatic heterocycles. The van der Waals surface area contributed by atoms with Gasteiger partial charge in [-0.2, -0.15) is 0 Å². The van der Waals surface area contributed by atoms with Crippen molar-refractivity contribution >= 4 is 17.3 Å². The number of hydrogen-bond acceptors (Lipinski definition) is 9. The molecule has 4 rings (SSSR count). The number of hydrogen-bond donors (Lipinski definition) is 1. The van der Waals surface area contributed by atoms with Crippen LogP contribution in [0.25, 0.3) is 0 Å². The lowest BCUT2D eigenvalue weighted by Gasteiger charge is -2.32. The number of rotatable bonds is 6. The standard InChI is InChI=1S/C17H24F2N8O/c1-10-12(24-28-23-10)8-27(25(2)3)16-13(20)15(21-14(22-16)11-4-5-11)26-7-6-17(18,19)9-26/h11H,4-9,20H2,1-3H3. The largest absolute Gasteiger partial charge is 0.393 e. The van der Waals surface area contributed by atoms with Crippen LogP contribution in [-0.4, -0.2) is 58.4 Å². The number of aromatic nitrogens is 4. The highest BCUT2D eigenvalue weighted by atomic mass is 19.3. The number of alkyl halides is 2. The Hall–Kier alpha value is -2.56. The lowest BCUT2D eigenvalue weighted by atomic mass is 10.3. The molecule has 0 bridgehead atoms. The summed E-state index contributed by atoms with van der Waals surface area (Å²) in [5.41, 5.74) is 8.00. The van der Waals surface area contributed by atoms with Crippen LogP contribution in [0.2, 0.25) is 0 Å². The smallest absolute Gasteiger partial charge is 0.266 e. The predicted octanol–water partition coefficient (Wildman–Crippen LogP) is 1.96. The van der Waals surface area contributed by atoms with Gasteiger partial charge in [0.15, 0.2) is 11.6 Å². The van der Waals surface area contributed by atoms with Crippen LogP contribution in [-0.2, 0) is 6.54 Å². The van der Waals surface area contributed by atoms with Gasteiger partial charge in [-0.15, -0.1) is 0 Å². The SMILES string of the molecule is Cc1nonc1CN(c1nc(C2CC2)nc(N2CCC(F)(F)C2)c1N)N(C)C. The number of aryl methyl sites for hydroxylation is 1. The van der Waals surface area contributed by atoms with E-state index >= 15 is 0 Å². The molecule has 0 unspecified atom stereocenters. The van der Waals surface area contributed by atoms with Crippen LogP contribution < -0.4 is 15.6 Å². The van der Waals surface area contributed by atoms with Crippen LogP contribution in [0.5, 0.6) is 0 Å². The minimum absolute atomic E-state index is 0.203. The number of nitrogens with two attached hydrogens (primary N) is 1. The molecule has 2 aromatic heterocycles. The first-order valence-electron chi connectivity index (χ1n) is 9.28. The molecule has 0 atom stereocenters. The Kier molecular flexibility index (Phi) is 4.56. The second-order valence-electron chi connectivity index (χ2n) is 7.65. The third-order valence-electron chi connectivity index (χ3n) is 5.11. The average Bonchev–Trinajstić information content (AvgIpc) is 3.31. The van der Waals surface area contributed by atoms with Crippen LogP contribution in [0.15, 0.2) is 4.63 Å². The van der Waals surface area contributed by atoms with Gasteiger partial charge in [0.25, 0.3) is 5.92 Å². The molecule has 28 heavy (non-hydrogen) atoms. The quantitative estimate of drug-likeness (QED) is 0.737. The van der Waals surface area contributed by atoms with Gasteiger partial charge in [-0.1, -0.05) is 10.3 Å². The average molecular weight is 394 g/mol. The fourth-order valence-corrected chi connectivity index (χ4v) is 3.28. The van der Waals surface area contributed by atoms with E-state index in [0.29, 0.717) is 35.4 Å². The Bertz CT molecular complexity index is 867. The lowest BCUT2D eigenvalue weighted by Crippen LogP contribution is -2.38. The summed E-state index contributed by atoms with van der Waals surface area (Å²) in [5.74, 6) is -0.973. The summed E-state index contributed by atoms with van der Waals surface area (Å²) < 4.78 is 32.4. The van der Waals surface area contributed by atoms with Crippen molar-refractivity contribution < 1.29 is 13.4 Å². The Morgan fingerprint density at radius 3 is 2.54 bits per heavy atom. The number of nitrogens with zero attached hydrogens (tertiary/aromatic N) is 7. The predicted molar refractivity (Wildman–Crippen MR) is 99.1 cm³/mol. The minimum Gasteiger partial charge on any atom is -0.393 e. The van der Waals surface area contributed by atoms with Crippen molar-refractivity contribution in [2.45, 2.75) is 44.6 Å². The van der Waals surface area contributed by atoms with E-state index in [1.165, 1.54) is 0 Å². The van der Waals surface area contributed by atoms with Gasteiger partial charge in [-0.05, 0) is 19.8 Å². The van der Waals surface area contributed by atoms with Crippen molar-refractivity contribution in [2.24, 2.45) is 0 Å². The minimum atomic E-state index is -2.73. The van der Waals surface area contributed by atoms with Crippen molar-refractivity contribution in [2.75, 3.05) is 42.8 Å². The van der Waals surface area contributed by atoms with Crippen molar-refractivity contribution in [1.29, 1.82) is 0 Å². The maximum absolute atomic E-state index is 13.8. The van der Waals surface area contributed by atoms with E-state index in [1.54, 1.807) is 11.8 Å². The molecule has 1 saturated carbocycles. The molecule has 0 aromatic carbocycles. The maximum atomic E-state index is 13.8. The maximum Gasteiger partial charge on any atom is 0.266 e. The van der Waals surface area contributed by atoms with Gasteiger partial charge in [0.1, 0.15) is 22.9 Å². The fourth-order valence-electron chi connectivity index (χ4n) is 3.28. The van der Waals surface area contributed by atoms with Crippen molar-refractivity contribution in [3.8, 4) is 0 Å². The Labute approximate surface area is 161 Å². The summed E-state index contributed by atoms with van der Waals surface area (Å²) in [5, 5.41) is 11.4. The van der Waals surface area contributed by atoms with Gasteiger partial charge >= 0.3 is 0 Å². The molecule has 1 aliphatic carbocycles. The molecule has 1 saturated heterocycles. The normalized spacial score (nSPS) is 18.9. The first-order chi connectivity index (χ1) is 13.2. The molecule has 2 N–H and O–H groups in total. The molecular weight excluding hydrogens is 370 g/mol. The molecule has 0 spiro atoms. The molecule has 11 heteroatoms. The second kappa shape index (κ2) is 6.80. The first kappa shape index (κ1) is 18.8. The van der Waals surface area contributed by atoms with E-state index < -0.39 is 5.92 Å². The Morgan fingerprint density at radius 1 is 1.25 bits per heavy atom. The summed E-state index contributed by atoms with van der Waals surface area (Å²) >= 11 is 0. The number of halogens is 2. The first-order valence-corrected chi connectivity index (χ1v) is 9.28. The molecule has 9 nitrogen and oxygen atoms in total. The lowest BCUT2D eigenvalue weighted by molar-refractivity contribution is 0.0257. The van der Waals surface area contributed by atoms with Gasteiger partial charge < -0.3 is 10.6 Å². The Morgan fingerprint density at radius 2 is 2.00 bits per heavy atom. The van der Waals surface area contributed by atoms with Gasteiger partial charge in [0.2, 0.25) is 0 Å². The van der Waals surface area contributed by atoms with E-state index in [4.69, 9.17) is 10.4 Å². The van der Waals surface area contributed by atoms with Crippen LogP contribution in [0.3, 0.4) is 0 Å². The summed E-state index contributed by atoms with van der Waals surface area (Å²) in [7, 11) is 3.70. The van der Waals surface area contributed by atoms with Crippen LogP contribution in [0.1, 0.15) is 42.4 Å². The van der Waals surface area contributed by atoms with Crippen molar-refractivity contribution in [3.05, 3.63) is 17.2 Å². The summed E-state index contributed by atoms with van der Waals surface area (Å²) in [6.45, 7) is 1.97. The van der Waals surface area contributed by atoms with Gasteiger partial charge in [0.05, 0.1) is 13.1 Å². The fraction of sp³-hybridized carbons (Fsp3) is 0.647. The van der Waals surface area contributed by atoms with Crippen molar-refractivity contribution in [1.82, 2.24) is 25.3 Å². The highest BCUT2D eigenvalue weighted by molar-refractivity contribution is 5.76. The topological polar surface area (TPSA) is 100 Å². The summed E-state index contributed by atoms with van der Waals surface area (Å²) in [6, 6.07) is 0. The van der Waals surface area contributed by atoms with E-state index in [0.717, 1.165) is 12.8 Å². The van der Waals surface area contributed by atoms with E-state index in [2.05, 4.69) is 20.3 Å². The van der Waals surface area contributed by atoms with Gasteiger partial charge in [0, 0.05) is 33.0 Å². The molecule has 2 aromatic rings. The van der Waals surface area contributed by atoms with Gasteiger partial charge in [-0.25, -0.2) is 28.4 Å². The summed E-state index contributed by atoms with van der Waals surface area (Å²) in [6.07, 6.45) is 1.78. The monoisotopic (exact) mass is 394 g/mol. The van der Waals surface area contributed by atoms with Crippen LogP contribution in [0, 0.1) is 6.92 Å². The van der Waals surface area contributed by atoms with Crippen LogP contribution in [0.4, 0.5) is 26.1 Å². The molecular formula is C17H24F2N8O. The second-order valence-corrected chi connectivity index (χ2v) is 7.65. The third kappa shape index (κ3) is 3.58. The number of anilines is 3. The Balaban J connectivity index is 1.75. The zero-order valence-electron chi connectivity index (χ0n) is 16.2. The third-order valence-corrected chi connectivity index (χ3v) is 5.11. The van der Waals surface area contributed by atoms with E-state index in [-0.39, 0.29) is 31.1 Å². The van der Waals surface area contributed by atoms with E-state index in [1.807, 2.05) is 24.1 Å². The number of nitrogen functional groups attached to an aromatic ring is 1. The van der Waals surface area contributed by atoms with Crippen LogP contribution >= 0.6 is 0 Å².